The smallest absolute Gasteiger partial charge is 0.294 e. The summed E-state index contributed by atoms with van der Waals surface area (Å²) in [7, 11) is 0. The number of hydrogen-bond acceptors (Lipinski definition) is 9. The van der Waals surface area contributed by atoms with E-state index in [1.54, 1.807) is 17.0 Å². The van der Waals surface area contributed by atoms with Gasteiger partial charge in [0.05, 0.1) is 21.3 Å². The number of para-hydroxylation sites is 1. The van der Waals surface area contributed by atoms with Gasteiger partial charge in [-0.15, -0.1) is 11.8 Å². The van der Waals surface area contributed by atoms with Crippen LogP contribution in [-0.4, -0.2) is 82.0 Å². The number of carbonyl (C=O) groups excluding carboxylic acids is 3. The van der Waals surface area contributed by atoms with Crippen LogP contribution in [0.1, 0.15) is 5.56 Å². The fourth-order valence-electron chi connectivity index (χ4n) is 3.92. The number of carbonyl (C=O) groups is 3. The molecule has 4 rings (SSSR count). The molecule has 2 aliphatic rings. The first-order chi connectivity index (χ1) is 17.4. The van der Waals surface area contributed by atoms with Crippen molar-refractivity contribution in [3.8, 4) is 0 Å². The largest absolute Gasteiger partial charge is 0.396 e. The van der Waals surface area contributed by atoms with Gasteiger partial charge in [0, 0.05) is 43.7 Å². The van der Waals surface area contributed by atoms with Gasteiger partial charge in [0.1, 0.15) is 6.54 Å². The third-order valence-electron chi connectivity index (χ3n) is 5.75. The monoisotopic (exact) mass is 528 g/mol. The number of benzene rings is 2. The number of aliphatic hydroxyl groups is 1. The van der Waals surface area contributed by atoms with Crippen LogP contribution in [0.4, 0.5) is 16.2 Å². The van der Waals surface area contributed by atoms with Gasteiger partial charge in [-0.25, -0.2) is 0 Å². The van der Waals surface area contributed by atoms with E-state index in [0.717, 1.165) is 22.3 Å². The first-order valence-electron chi connectivity index (χ1n) is 11.2. The van der Waals surface area contributed by atoms with Crippen LogP contribution in [-0.2, 0) is 9.59 Å². The molecule has 0 aliphatic carbocycles. The summed E-state index contributed by atoms with van der Waals surface area (Å²) in [5, 5.41) is 19.9. The zero-order chi connectivity index (χ0) is 25.7. The number of amides is 3. The fraction of sp³-hybridized carbons (Fsp3) is 0.292. The second kappa shape index (κ2) is 11.6. The molecule has 2 aliphatic heterocycles. The molecule has 188 valence electrons. The predicted octanol–water partition coefficient (Wildman–Crippen LogP) is 3.06. The summed E-state index contributed by atoms with van der Waals surface area (Å²) in [6, 6.07) is 14.4. The Morgan fingerprint density at radius 1 is 1.11 bits per heavy atom. The highest BCUT2D eigenvalue weighted by Crippen LogP contribution is 2.35. The van der Waals surface area contributed by atoms with E-state index in [0.29, 0.717) is 54.2 Å². The van der Waals surface area contributed by atoms with E-state index in [9.17, 15) is 24.5 Å². The van der Waals surface area contributed by atoms with E-state index in [2.05, 4.69) is 4.90 Å². The molecule has 1 N–H and O–H groups in total. The average molecular weight is 529 g/mol. The molecule has 2 fully saturated rings. The second-order valence-electron chi connectivity index (χ2n) is 8.03. The molecule has 10 nitrogen and oxygen atoms in total. The molecule has 2 saturated heterocycles. The summed E-state index contributed by atoms with van der Waals surface area (Å²) in [4.78, 5) is 54.4. The number of piperazine rings is 1. The first kappa shape index (κ1) is 25.7. The standard InChI is InChI=1S/C24H24N4O6S2/c29-12-13-35-20-7-6-17(14-19(20)28(33)34)15-21-23(31)27(24(32)36-21)16-22(30)26-10-8-25(9-11-26)18-4-2-1-3-5-18/h1-7,14-15,29H,8-13,16H2/b21-15-. The van der Waals surface area contributed by atoms with Crippen molar-refractivity contribution >= 4 is 58.0 Å². The zero-order valence-electron chi connectivity index (χ0n) is 19.2. The highest BCUT2D eigenvalue weighted by molar-refractivity contribution is 8.18. The quantitative estimate of drug-likeness (QED) is 0.238. The molecule has 12 heteroatoms. The Morgan fingerprint density at radius 2 is 1.83 bits per heavy atom. The fourth-order valence-corrected chi connectivity index (χ4v) is 5.52. The minimum Gasteiger partial charge on any atom is -0.396 e. The maximum atomic E-state index is 12.9. The molecular formula is C24H24N4O6S2. The maximum absolute atomic E-state index is 12.9. The normalized spacial score (nSPS) is 17.2. The summed E-state index contributed by atoms with van der Waals surface area (Å²) in [6.07, 6.45) is 1.42. The van der Waals surface area contributed by atoms with E-state index in [1.165, 1.54) is 12.1 Å². The lowest BCUT2D eigenvalue weighted by Gasteiger charge is -2.36. The van der Waals surface area contributed by atoms with E-state index >= 15 is 0 Å². The van der Waals surface area contributed by atoms with Crippen molar-refractivity contribution in [1.29, 1.82) is 0 Å². The number of thioether (sulfide) groups is 2. The Balaban J connectivity index is 1.40. The van der Waals surface area contributed by atoms with Crippen LogP contribution < -0.4 is 4.90 Å². The number of nitro groups is 1. The van der Waals surface area contributed by atoms with Crippen molar-refractivity contribution in [1.82, 2.24) is 9.80 Å². The van der Waals surface area contributed by atoms with Crippen molar-refractivity contribution in [3.05, 3.63) is 69.1 Å². The summed E-state index contributed by atoms with van der Waals surface area (Å²) >= 11 is 1.86. The number of rotatable bonds is 8. The highest BCUT2D eigenvalue weighted by atomic mass is 32.2. The molecule has 0 atom stereocenters. The highest BCUT2D eigenvalue weighted by Gasteiger charge is 2.37. The van der Waals surface area contributed by atoms with Gasteiger partial charge in [-0.1, -0.05) is 24.3 Å². The van der Waals surface area contributed by atoms with Gasteiger partial charge < -0.3 is 14.9 Å². The maximum Gasteiger partial charge on any atom is 0.294 e. The predicted molar refractivity (Wildman–Crippen MR) is 139 cm³/mol. The Kier molecular flexibility index (Phi) is 8.28. The number of hydrogen-bond donors (Lipinski definition) is 1. The summed E-state index contributed by atoms with van der Waals surface area (Å²) in [6.45, 7) is 1.84. The average Bonchev–Trinajstić information content (AvgIpc) is 3.15. The Labute approximate surface area is 216 Å². The third-order valence-corrected chi connectivity index (χ3v) is 7.70. The van der Waals surface area contributed by atoms with Crippen molar-refractivity contribution < 1.29 is 24.4 Å². The number of imide groups is 1. The van der Waals surface area contributed by atoms with E-state index < -0.39 is 16.1 Å². The molecule has 2 aromatic rings. The van der Waals surface area contributed by atoms with Gasteiger partial charge in [-0.2, -0.15) is 0 Å². The zero-order valence-corrected chi connectivity index (χ0v) is 20.9. The Morgan fingerprint density at radius 3 is 2.50 bits per heavy atom. The molecule has 0 saturated carbocycles. The third kappa shape index (κ3) is 5.89. The molecule has 3 amide bonds. The van der Waals surface area contributed by atoms with Crippen molar-refractivity contribution in [2.75, 3.05) is 50.0 Å². The molecule has 0 spiro atoms. The van der Waals surface area contributed by atoms with Gasteiger partial charge in [0.15, 0.2) is 0 Å². The minimum atomic E-state index is -0.595. The van der Waals surface area contributed by atoms with Gasteiger partial charge in [-0.3, -0.25) is 29.4 Å². The lowest BCUT2D eigenvalue weighted by atomic mass is 10.2. The van der Waals surface area contributed by atoms with Crippen LogP contribution in [0, 0.1) is 10.1 Å². The number of anilines is 1. The lowest BCUT2D eigenvalue weighted by Crippen LogP contribution is -2.51. The first-order valence-corrected chi connectivity index (χ1v) is 13.0. The Bertz CT molecular complexity index is 1200. The molecule has 2 heterocycles. The van der Waals surface area contributed by atoms with Gasteiger partial charge >= 0.3 is 0 Å². The second-order valence-corrected chi connectivity index (χ2v) is 10.2. The van der Waals surface area contributed by atoms with E-state index in [-0.39, 0.29) is 29.7 Å². The summed E-state index contributed by atoms with van der Waals surface area (Å²) in [5.41, 5.74) is 1.33. The van der Waals surface area contributed by atoms with Crippen molar-refractivity contribution in [3.63, 3.8) is 0 Å². The van der Waals surface area contributed by atoms with Gasteiger partial charge in [0.25, 0.3) is 16.8 Å². The van der Waals surface area contributed by atoms with Crippen LogP contribution in [0.2, 0.25) is 0 Å². The van der Waals surface area contributed by atoms with E-state index in [1.807, 2.05) is 30.3 Å². The number of nitro benzene ring substituents is 1. The molecule has 0 aromatic heterocycles. The Hall–Kier alpha value is -3.35. The SMILES string of the molecule is O=C(CN1C(=O)S/C(=C\c2ccc(SCCO)c([N+](=O)[O-])c2)C1=O)N1CCN(c2ccccc2)CC1. The summed E-state index contributed by atoms with van der Waals surface area (Å²) < 4.78 is 0. The van der Waals surface area contributed by atoms with Crippen LogP contribution >= 0.6 is 23.5 Å². The number of nitrogens with zero attached hydrogens (tertiary/aromatic N) is 4. The topological polar surface area (TPSA) is 124 Å². The molecular weight excluding hydrogens is 504 g/mol. The van der Waals surface area contributed by atoms with Crippen molar-refractivity contribution in [2.45, 2.75) is 4.90 Å². The molecule has 0 bridgehead atoms. The lowest BCUT2D eigenvalue weighted by molar-refractivity contribution is -0.387. The molecule has 0 unspecified atom stereocenters. The van der Waals surface area contributed by atoms with Crippen LogP contribution in [0.5, 0.6) is 0 Å². The number of aliphatic hydroxyl groups excluding tert-OH is 1. The molecule has 2 aromatic carbocycles. The van der Waals surface area contributed by atoms with Gasteiger partial charge in [-0.05, 0) is 41.6 Å². The van der Waals surface area contributed by atoms with Crippen LogP contribution in [0.3, 0.4) is 0 Å². The summed E-state index contributed by atoms with van der Waals surface area (Å²) in [5.74, 6) is -0.580. The van der Waals surface area contributed by atoms with Crippen LogP contribution in [0.25, 0.3) is 6.08 Å². The molecule has 36 heavy (non-hydrogen) atoms. The van der Waals surface area contributed by atoms with Crippen molar-refractivity contribution in [2.24, 2.45) is 0 Å². The minimum absolute atomic E-state index is 0.103. The van der Waals surface area contributed by atoms with E-state index in [4.69, 9.17) is 5.11 Å². The van der Waals surface area contributed by atoms with Crippen LogP contribution in [0.15, 0.2) is 58.3 Å². The van der Waals surface area contributed by atoms with Gasteiger partial charge in [0.2, 0.25) is 5.91 Å². The molecule has 0 radical (unpaired) electrons.